The fourth-order valence-corrected chi connectivity index (χ4v) is 2.25. The van der Waals surface area contributed by atoms with Crippen molar-refractivity contribution in [2.75, 3.05) is 13.1 Å². The quantitative estimate of drug-likeness (QED) is 0.784. The highest BCUT2D eigenvalue weighted by Gasteiger charge is 2.15. The number of benzene rings is 1. The molecule has 22 heavy (non-hydrogen) atoms. The number of amides is 1. The van der Waals surface area contributed by atoms with Crippen molar-refractivity contribution in [3.63, 3.8) is 0 Å². The van der Waals surface area contributed by atoms with Crippen LogP contribution in [0.15, 0.2) is 18.2 Å². The monoisotopic (exact) mass is 306 g/mol. The molecule has 0 saturated carbocycles. The van der Waals surface area contributed by atoms with Gasteiger partial charge in [0.25, 0.3) is 0 Å². The van der Waals surface area contributed by atoms with Crippen molar-refractivity contribution in [1.29, 1.82) is 0 Å². The van der Waals surface area contributed by atoms with Gasteiger partial charge in [-0.25, -0.2) is 4.79 Å². The highest BCUT2D eigenvalue weighted by molar-refractivity contribution is 5.67. The van der Waals surface area contributed by atoms with Gasteiger partial charge < -0.3 is 15.4 Å². The summed E-state index contributed by atoms with van der Waals surface area (Å²) in [6.45, 7) is 13.5. The summed E-state index contributed by atoms with van der Waals surface area (Å²) in [5.74, 6) is 0. The Hall–Kier alpha value is -1.55. The van der Waals surface area contributed by atoms with Crippen molar-refractivity contribution in [1.82, 2.24) is 10.6 Å². The van der Waals surface area contributed by atoms with Gasteiger partial charge in [-0.05, 0) is 65.6 Å². The summed E-state index contributed by atoms with van der Waals surface area (Å²) in [4.78, 5) is 11.5. The fourth-order valence-electron chi connectivity index (χ4n) is 2.25. The Bertz CT molecular complexity index is 492. The lowest BCUT2D eigenvalue weighted by Gasteiger charge is -2.20. The average Bonchev–Trinajstić information content (AvgIpc) is 2.38. The van der Waals surface area contributed by atoms with E-state index in [1.165, 1.54) is 16.7 Å². The van der Waals surface area contributed by atoms with Gasteiger partial charge in [0.15, 0.2) is 0 Å². The van der Waals surface area contributed by atoms with Crippen LogP contribution in [0, 0.1) is 13.8 Å². The standard InChI is InChI=1S/C18H30N2O2/c1-13-8-9-14(2)16(12-13)15(3)19-10-7-11-20-17(21)22-18(4,5)6/h8-9,12,15,19H,7,10-11H2,1-6H3,(H,20,21). The second-order valence-corrected chi connectivity index (χ2v) is 6.82. The predicted octanol–water partition coefficient (Wildman–Crippen LogP) is 3.87. The summed E-state index contributed by atoms with van der Waals surface area (Å²) in [7, 11) is 0. The van der Waals surface area contributed by atoms with Crippen LogP contribution in [0.1, 0.15) is 56.8 Å². The molecule has 1 rings (SSSR count). The lowest BCUT2D eigenvalue weighted by Crippen LogP contribution is -2.34. The van der Waals surface area contributed by atoms with Crippen molar-refractivity contribution < 1.29 is 9.53 Å². The molecule has 0 aromatic heterocycles. The summed E-state index contributed by atoms with van der Waals surface area (Å²) < 4.78 is 5.19. The molecule has 0 radical (unpaired) electrons. The molecule has 1 aromatic carbocycles. The van der Waals surface area contributed by atoms with Gasteiger partial charge in [0.2, 0.25) is 0 Å². The molecule has 1 aromatic rings. The molecule has 4 heteroatoms. The first-order valence-electron chi connectivity index (χ1n) is 7.96. The van der Waals surface area contributed by atoms with Crippen LogP contribution in [0.5, 0.6) is 0 Å². The Balaban J connectivity index is 2.27. The number of nitrogens with one attached hydrogen (secondary N) is 2. The number of hydrogen-bond donors (Lipinski definition) is 2. The Kier molecular flexibility index (Phi) is 6.88. The first-order chi connectivity index (χ1) is 10.2. The van der Waals surface area contributed by atoms with Gasteiger partial charge in [-0.15, -0.1) is 0 Å². The Labute approximate surface area is 134 Å². The third kappa shape index (κ3) is 6.94. The molecular weight excluding hydrogens is 276 g/mol. The van der Waals surface area contributed by atoms with Gasteiger partial charge in [-0.3, -0.25) is 0 Å². The predicted molar refractivity (Wildman–Crippen MR) is 91.2 cm³/mol. The largest absolute Gasteiger partial charge is 0.444 e. The zero-order valence-electron chi connectivity index (χ0n) is 14.7. The topological polar surface area (TPSA) is 50.4 Å². The van der Waals surface area contributed by atoms with Gasteiger partial charge in [-0.1, -0.05) is 23.8 Å². The van der Waals surface area contributed by atoms with Gasteiger partial charge in [0, 0.05) is 12.6 Å². The van der Waals surface area contributed by atoms with Crippen LogP contribution < -0.4 is 10.6 Å². The molecule has 0 bridgehead atoms. The van der Waals surface area contributed by atoms with Crippen LogP contribution >= 0.6 is 0 Å². The molecule has 4 nitrogen and oxygen atoms in total. The van der Waals surface area contributed by atoms with E-state index in [2.05, 4.69) is 49.6 Å². The molecule has 0 fully saturated rings. The normalized spacial score (nSPS) is 12.8. The molecule has 1 atom stereocenters. The van der Waals surface area contributed by atoms with E-state index in [0.717, 1.165) is 13.0 Å². The number of carbonyl (C=O) groups excluding carboxylic acids is 1. The molecule has 0 aliphatic rings. The number of alkyl carbamates (subject to hydrolysis) is 1. The Morgan fingerprint density at radius 2 is 1.91 bits per heavy atom. The fraction of sp³-hybridized carbons (Fsp3) is 0.611. The maximum absolute atomic E-state index is 11.5. The lowest BCUT2D eigenvalue weighted by atomic mass is 10.00. The zero-order valence-corrected chi connectivity index (χ0v) is 14.7. The minimum atomic E-state index is -0.445. The molecule has 1 unspecified atom stereocenters. The highest BCUT2D eigenvalue weighted by Crippen LogP contribution is 2.18. The SMILES string of the molecule is Cc1ccc(C)c(C(C)NCCCNC(=O)OC(C)(C)C)c1. The van der Waals surface area contributed by atoms with E-state index in [-0.39, 0.29) is 6.09 Å². The molecule has 0 spiro atoms. The van der Waals surface area contributed by atoms with E-state index in [1.54, 1.807) is 0 Å². The summed E-state index contributed by atoms with van der Waals surface area (Å²) in [6.07, 6.45) is 0.518. The maximum atomic E-state index is 11.5. The Morgan fingerprint density at radius 3 is 2.55 bits per heavy atom. The van der Waals surface area contributed by atoms with E-state index in [0.29, 0.717) is 12.6 Å². The van der Waals surface area contributed by atoms with Crippen molar-refractivity contribution in [3.8, 4) is 0 Å². The van der Waals surface area contributed by atoms with Crippen LogP contribution in [0.25, 0.3) is 0 Å². The summed E-state index contributed by atoms with van der Waals surface area (Å²) >= 11 is 0. The van der Waals surface area contributed by atoms with Crippen LogP contribution in [-0.4, -0.2) is 24.8 Å². The molecule has 0 heterocycles. The van der Waals surface area contributed by atoms with Gasteiger partial charge in [0.05, 0.1) is 0 Å². The maximum Gasteiger partial charge on any atom is 0.407 e. The van der Waals surface area contributed by atoms with E-state index in [4.69, 9.17) is 4.74 Å². The Morgan fingerprint density at radius 1 is 1.23 bits per heavy atom. The van der Waals surface area contributed by atoms with Crippen molar-refractivity contribution in [2.45, 2.75) is 59.6 Å². The molecule has 0 aliphatic carbocycles. The molecule has 124 valence electrons. The van der Waals surface area contributed by atoms with Gasteiger partial charge >= 0.3 is 6.09 Å². The molecule has 0 aliphatic heterocycles. The van der Waals surface area contributed by atoms with Crippen molar-refractivity contribution in [3.05, 3.63) is 34.9 Å². The lowest BCUT2D eigenvalue weighted by molar-refractivity contribution is 0.0527. The minimum Gasteiger partial charge on any atom is -0.444 e. The van der Waals surface area contributed by atoms with Crippen LogP contribution in [0.3, 0.4) is 0 Å². The summed E-state index contributed by atoms with van der Waals surface area (Å²) in [6, 6.07) is 6.83. The van der Waals surface area contributed by atoms with E-state index >= 15 is 0 Å². The zero-order chi connectivity index (χ0) is 16.8. The summed E-state index contributed by atoms with van der Waals surface area (Å²) in [5.41, 5.74) is 3.47. The second kappa shape index (κ2) is 8.18. The average molecular weight is 306 g/mol. The van der Waals surface area contributed by atoms with Gasteiger partial charge in [-0.2, -0.15) is 0 Å². The number of rotatable bonds is 6. The van der Waals surface area contributed by atoms with E-state index < -0.39 is 5.60 Å². The van der Waals surface area contributed by atoms with Crippen LogP contribution in [0.2, 0.25) is 0 Å². The molecule has 2 N–H and O–H groups in total. The summed E-state index contributed by atoms with van der Waals surface area (Å²) in [5, 5.41) is 6.27. The highest BCUT2D eigenvalue weighted by atomic mass is 16.6. The smallest absolute Gasteiger partial charge is 0.407 e. The number of ether oxygens (including phenoxy) is 1. The first-order valence-corrected chi connectivity index (χ1v) is 7.96. The van der Waals surface area contributed by atoms with Crippen LogP contribution in [0.4, 0.5) is 4.79 Å². The van der Waals surface area contributed by atoms with Crippen molar-refractivity contribution >= 4 is 6.09 Å². The first kappa shape index (κ1) is 18.5. The van der Waals surface area contributed by atoms with Crippen LogP contribution in [-0.2, 0) is 4.74 Å². The molecular formula is C18H30N2O2. The van der Waals surface area contributed by atoms with Crippen molar-refractivity contribution in [2.24, 2.45) is 0 Å². The van der Waals surface area contributed by atoms with E-state index in [9.17, 15) is 4.79 Å². The third-order valence-corrected chi connectivity index (χ3v) is 3.37. The number of aryl methyl sites for hydroxylation is 2. The molecule has 1 amide bonds. The third-order valence-electron chi connectivity index (χ3n) is 3.37. The van der Waals surface area contributed by atoms with E-state index in [1.807, 2.05) is 20.8 Å². The second-order valence-electron chi connectivity index (χ2n) is 6.82. The minimum absolute atomic E-state index is 0.307. The van der Waals surface area contributed by atoms with Gasteiger partial charge in [0.1, 0.15) is 5.60 Å². The number of carbonyl (C=O) groups is 1. The number of hydrogen-bond acceptors (Lipinski definition) is 3. The molecule has 0 saturated heterocycles.